The lowest BCUT2D eigenvalue weighted by Crippen LogP contribution is -2.24. The Bertz CT molecular complexity index is 1230. The lowest BCUT2D eigenvalue weighted by atomic mass is 10.2. The van der Waals surface area contributed by atoms with E-state index in [2.05, 4.69) is 22.1 Å². The number of para-hydroxylation sites is 1. The van der Waals surface area contributed by atoms with Gasteiger partial charge in [0.25, 0.3) is 5.91 Å². The molecule has 2 heterocycles. The number of imidazole rings is 1. The monoisotopic (exact) mass is 395 g/mol. The van der Waals surface area contributed by atoms with Gasteiger partial charge in [-0.1, -0.05) is 48.2 Å². The van der Waals surface area contributed by atoms with E-state index in [0.717, 1.165) is 22.5 Å². The molecule has 0 atom stereocenters. The highest BCUT2D eigenvalue weighted by molar-refractivity contribution is 5.97. The van der Waals surface area contributed by atoms with Crippen molar-refractivity contribution >= 4 is 11.6 Å². The standard InChI is InChI=1S/C25H21N3O2/c1-19-9-8-16-28-17-21(27-24(19)28)18-30-23-14-6-5-13-22(23)25(29)26-15-7-12-20-10-3-2-4-11-20/h2-6,8-11,13-14,16-17H,15,18H2,1H3,(H,26,29). The third-order valence-corrected chi connectivity index (χ3v) is 4.58. The van der Waals surface area contributed by atoms with E-state index < -0.39 is 0 Å². The Labute approximate surface area is 175 Å². The summed E-state index contributed by atoms with van der Waals surface area (Å²) in [6.45, 7) is 2.56. The predicted octanol–water partition coefficient (Wildman–Crippen LogP) is 4.00. The zero-order valence-electron chi connectivity index (χ0n) is 16.6. The summed E-state index contributed by atoms with van der Waals surface area (Å²) in [6.07, 6.45) is 3.89. The second kappa shape index (κ2) is 8.97. The van der Waals surface area contributed by atoms with Crippen molar-refractivity contribution in [3.05, 3.63) is 102 Å². The van der Waals surface area contributed by atoms with Crippen LogP contribution >= 0.6 is 0 Å². The molecule has 0 aliphatic rings. The van der Waals surface area contributed by atoms with Gasteiger partial charge in [-0.25, -0.2) is 4.98 Å². The van der Waals surface area contributed by atoms with Crippen molar-refractivity contribution in [1.82, 2.24) is 14.7 Å². The van der Waals surface area contributed by atoms with Crippen LogP contribution in [-0.2, 0) is 6.61 Å². The Morgan fingerprint density at radius 3 is 2.70 bits per heavy atom. The van der Waals surface area contributed by atoms with Crippen LogP contribution in [0.3, 0.4) is 0 Å². The maximum absolute atomic E-state index is 12.6. The van der Waals surface area contributed by atoms with Crippen LogP contribution in [0.1, 0.15) is 27.2 Å². The molecule has 0 unspecified atom stereocenters. The summed E-state index contributed by atoms with van der Waals surface area (Å²) >= 11 is 0. The van der Waals surface area contributed by atoms with E-state index in [1.165, 1.54) is 0 Å². The molecular formula is C25H21N3O2. The fourth-order valence-electron chi connectivity index (χ4n) is 3.09. The molecule has 4 aromatic rings. The van der Waals surface area contributed by atoms with Gasteiger partial charge in [-0.3, -0.25) is 4.79 Å². The molecule has 4 rings (SSSR count). The maximum Gasteiger partial charge on any atom is 0.255 e. The summed E-state index contributed by atoms with van der Waals surface area (Å²) in [5.41, 5.74) is 4.18. The largest absolute Gasteiger partial charge is 0.486 e. The van der Waals surface area contributed by atoms with Crippen molar-refractivity contribution in [2.75, 3.05) is 6.54 Å². The van der Waals surface area contributed by atoms with E-state index in [1.54, 1.807) is 12.1 Å². The molecule has 0 aliphatic heterocycles. The van der Waals surface area contributed by atoms with Gasteiger partial charge in [-0.05, 0) is 42.8 Å². The molecule has 1 amide bonds. The Morgan fingerprint density at radius 2 is 1.87 bits per heavy atom. The van der Waals surface area contributed by atoms with Crippen molar-refractivity contribution in [2.45, 2.75) is 13.5 Å². The average Bonchev–Trinajstić information content (AvgIpc) is 3.21. The van der Waals surface area contributed by atoms with Gasteiger partial charge in [0, 0.05) is 18.0 Å². The van der Waals surface area contributed by atoms with Gasteiger partial charge in [0.05, 0.1) is 17.8 Å². The number of rotatable bonds is 5. The SMILES string of the molecule is Cc1cccn2cc(COc3ccccc3C(=O)NCC#Cc3ccccc3)nc12. The number of amides is 1. The second-order valence-corrected chi connectivity index (χ2v) is 6.79. The molecule has 30 heavy (non-hydrogen) atoms. The first-order valence-electron chi connectivity index (χ1n) is 9.68. The summed E-state index contributed by atoms with van der Waals surface area (Å²) in [5.74, 6) is 6.28. The number of hydrogen-bond donors (Lipinski definition) is 1. The summed E-state index contributed by atoms with van der Waals surface area (Å²) in [6, 6.07) is 20.8. The van der Waals surface area contributed by atoms with Crippen molar-refractivity contribution in [1.29, 1.82) is 0 Å². The number of fused-ring (bicyclic) bond motifs is 1. The van der Waals surface area contributed by atoms with E-state index in [4.69, 9.17) is 4.74 Å². The number of aryl methyl sites for hydroxylation is 1. The van der Waals surface area contributed by atoms with E-state index in [-0.39, 0.29) is 19.1 Å². The summed E-state index contributed by atoms with van der Waals surface area (Å²) in [7, 11) is 0. The molecule has 5 nitrogen and oxygen atoms in total. The fraction of sp³-hybridized carbons (Fsp3) is 0.120. The molecule has 5 heteroatoms. The molecule has 2 aromatic carbocycles. The Kier molecular flexibility index (Phi) is 5.77. The van der Waals surface area contributed by atoms with Crippen LogP contribution in [0.5, 0.6) is 5.75 Å². The number of benzene rings is 2. The molecule has 0 bridgehead atoms. The molecule has 148 valence electrons. The molecule has 0 aliphatic carbocycles. The predicted molar refractivity (Wildman–Crippen MR) is 116 cm³/mol. The molecule has 0 radical (unpaired) electrons. The molecule has 0 saturated heterocycles. The van der Waals surface area contributed by atoms with Crippen LogP contribution in [0, 0.1) is 18.8 Å². The number of pyridine rings is 1. The van der Waals surface area contributed by atoms with Gasteiger partial charge in [-0.2, -0.15) is 0 Å². The maximum atomic E-state index is 12.6. The quantitative estimate of drug-likeness (QED) is 0.520. The minimum Gasteiger partial charge on any atom is -0.486 e. The van der Waals surface area contributed by atoms with Crippen LogP contribution in [0.15, 0.2) is 79.1 Å². The number of aromatic nitrogens is 2. The van der Waals surface area contributed by atoms with E-state index in [1.807, 2.05) is 78.3 Å². The Morgan fingerprint density at radius 1 is 1.07 bits per heavy atom. The zero-order chi connectivity index (χ0) is 20.8. The summed E-state index contributed by atoms with van der Waals surface area (Å²) in [5, 5.41) is 2.82. The second-order valence-electron chi connectivity index (χ2n) is 6.79. The molecule has 0 saturated carbocycles. The van der Waals surface area contributed by atoms with Crippen LogP contribution in [0.25, 0.3) is 5.65 Å². The smallest absolute Gasteiger partial charge is 0.255 e. The Hall–Kier alpha value is -4.04. The summed E-state index contributed by atoms with van der Waals surface area (Å²) < 4.78 is 7.89. The minimum absolute atomic E-state index is 0.223. The average molecular weight is 395 g/mol. The van der Waals surface area contributed by atoms with Crippen LogP contribution in [0.4, 0.5) is 0 Å². The van der Waals surface area contributed by atoms with Gasteiger partial charge >= 0.3 is 0 Å². The highest BCUT2D eigenvalue weighted by Crippen LogP contribution is 2.19. The third-order valence-electron chi connectivity index (χ3n) is 4.58. The number of nitrogens with one attached hydrogen (secondary N) is 1. The number of hydrogen-bond acceptors (Lipinski definition) is 3. The van der Waals surface area contributed by atoms with Crippen molar-refractivity contribution in [3.63, 3.8) is 0 Å². The lowest BCUT2D eigenvalue weighted by molar-refractivity contribution is 0.0954. The van der Waals surface area contributed by atoms with Crippen LogP contribution < -0.4 is 10.1 Å². The number of ether oxygens (including phenoxy) is 1. The van der Waals surface area contributed by atoms with Crippen molar-refractivity contribution in [2.24, 2.45) is 0 Å². The van der Waals surface area contributed by atoms with Gasteiger partial charge in [0.2, 0.25) is 0 Å². The Balaban J connectivity index is 1.41. The first kappa shape index (κ1) is 19.3. The van der Waals surface area contributed by atoms with E-state index in [0.29, 0.717) is 11.3 Å². The van der Waals surface area contributed by atoms with Crippen LogP contribution in [-0.4, -0.2) is 21.8 Å². The number of carbonyl (C=O) groups is 1. The number of carbonyl (C=O) groups excluding carboxylic acids is 1. The molecular weight excluding hydrogens is 374 g/mol. The molecule has 0 spiro atoms. The molecule has 2 aromatic heterocycles. The fourth-order valence-corrected chi connectivity index (χ4v) is 3.09. The highest BCUT2D eigenvalue weighted by atomic mass is 16.5. The van der Waals surface area contributed by atoms with E-state index >= 15 is 0 Å². The first-order chi connectivity index (χ1) is 14.7. The highest BCUT2D eigenvalue weighted by Gasteiger charge is 2.12. The summed E-state index contributed by atoms with van der Waals surface area (Å²) in [4.78, 5) is 17.2. The lowest BCUT2D eigenvalue weighted by Gasteiger charge is -2.09. The minimum atomic E-state index is -0.223. The van der Waals surface area contributed by atoms with E-state index in [9.17, 15) is 4.79 Å². The third kappa shape index (κ3) is 4.50. The zero-order valence-corrected chi connectivity index (χ0v) is 16.6. The number of nitrogens with zero attached hydrogens (tertiary/aromatic N) is 2. The molecule has 0 fully saturated rings. The van der Waals surface area contributed by atoms with Gasteiger partial charge in [0.15, 0.2) is 0 Å². The van der Waals surface area contributed by atoms with Gasteiger partial charge < -0.3 is 14.5 Å². The van der Waals surface area contributed by atoms with Crippen molar-refractivity contribution in [3.8, 4) is 17.6 Å². The van der Waals surface area contributed by atoms with Gasteiger partial charge in [-0.15, -0.1) is 0 Å². The molecule has 1 N–H and O–H groups in total. The van der Waals surface area contributed by atoms with Crippen molar-refractivity contribution < 1.29 is 9.53 Å². The first-order valence-corrected chi connectivity index (χ1v) is 9.68. The van der Waals surface area contributed by atoms with Crippen LogP contribution in [0.2, 0.25) is 0 Å². The van der Waals surface area contributed by atoms with Gasteiger partial charge in [0.1, 0.15) is 18.0 Å². The topological polar surface area (TPSA) is 55.6 Å². The normalized spacial score (nSPS) is 10.3.